The lowest BCUT2D eigenvalue weighted by molar-refractivity contribution is 0.298. The highest BCUT2D eigenvalue weighted by Gasteiger charge is 2.06. The lowest BCUT2D eigenvalue weighted by atomic mass is 10.2. The molecular weight excluding hydrogens is 204 g/mol. The number of fused-ring (bicyclic) bond motifs is 1. The highest BCUT2D eigenvalue weighted by Crippen LogP contribution is 2.28. The first-order chi connectivity index (χ1) is 7.83. The van der Waals surface area contributed by atoms with E-state index in [-0.39, 0.29) is 5.75 Å². The summed E-state index contributed by atoms with van der Waals surface area (Å²) in [5, 5.41) is 18.9. The summed E-state index contributed by atoms with van der Waals surface area (Å²) >= 11 is 0. The maximum Gasteiger partial charge on any atom is 0.241 e. The van der Waals surface area contributed by atoms with E-state index in [1.165, 1.54) is 6.20 Å². The molecule has 0 saturated heterocycles. The zero-order chi connectivity index (χ0) is 11.4. The third-order valence-corrected chi connectivity index (χ3v) is 2.39. The second-order valence-electron chi connectivity index (χ2n) is 3.59. The number of aromatic nitrogens is 2. The van der Waals surface area contributed by atoms with Crippen molar-refractivity contribution in [3.63, 3.8) is 0 Å². The van der Waals surface area contributed by atoms with E-state index in [2.05, 4.69) is 17.1 Å². The van der Waals surface area contributed by atoms with Crippen molar-refractivity contribution in [3.05, 3.63) is 24.4 Å². The monoisotopic (exact) mass is 218 g/mol. The third kappa shape index (κ3) is 2.05. The van der Waals surface area contributed by atoms with E-state index >= 15 is 0 Å². The SMILES string of the molecule is CCCCOc1nncc2c(O)cccc12. The Morgan fingerprint density at radius 1 is 1.31 bits per heavy atom. The van der Waals surface area contributed by atoms with Crippen molar-refractivity contribution in [1.29, 1.82) is 0 Å². The summed E-state index contributed by atoms with van der Waals surface area (Å²) < 4.78 is 5.53. The number of ether oxygens (including phenoxy) is 1. The minimum absolute atomic E-state index is 0.202. The molecule has 1 aromatic heterocycles. The Hall–Kier alpha value is -1.84. The molecule has 0 amide bonds. The van der Waals surface area contributed by atoms with Crippen LogP contribution in [0.4, 0.5) is 0 Å². The van der Waals surface area contributed by atoms with Crippen molar-refractivity contribution < 1.29 is 9.84 Å². The summed E-state index contributed by atoms with van der Waals surface area (Å²) in [7, 11) is 0. The first-order valence-electron chi connectivity index (χ1n) is 5.39. The van der Waals surface area contributed by atoms with Gasteiger partial charge in [0.15, 0.2) is 0 Å². The largest absolute Gasteiger partial charge is 0.507 e. The van der Waals surface area contributed by atoms with Crippen LogP contribution in [-0.2, 0) is 0 Å². The molecule has 0 aliphatic rings. The zero-order valence-corrected chi connectivity index (χ0v) is 9.18. The van der Waals surface area contributed by atoms with Crippen molar-refractivity contribution in [2.24, 2.45) is 0 Å². The Morgan fingerprint density at radius 3 is 3.00 bits per heavy atom. The highest BCUT2D eigenvalue weighted by molar-refractivity contribution is 5.90. The highest BCUT2D eigenvalue weighted by atomic mass is 16.5. The molecule has 84 valence electrons. The van der Waals surface area contributed by atoms with Crippen molar-refractivity contribution in [1.82, 2.24) is 10.2 Å². The van der Waals surface area contributed by atoms with Gasteiger partial charge in [-0.05, 0) is 18.6 Å². The molecule has 0 saturated carbocycles. The first kappa shape index (κ1) is 10.7. The fourth-order valence-electron chi connectivity index (χ4n) is 1.49. The van der Waals surface area contributed by atoms with Crippen LogP contribution in [0.25, 0.3) is 10.8 Å². The number of phenolic OH excluding ortho intramolecular Hbond substituents is 1. The molecule has 2 aromatic rings. The summed E-state index contributed by atoms with van der Waals surface area (Å²) in [6.45, 7) is 2.73. The second-order valence-corrected chi connectivity index (χ2v) is 3.59. The molecule has 0 aliphatic carbocycles. The predicted molar refractivity (Wildman–Crippen MR) is 61.6 cm³/mol. The molecule has 1 N–H and O–H groups in total. The van der Waals surface area contributed by atoms with E-state index in [4.69, 9.17) is 4.74 Å². The average molecular weight is 218 g/mol. The van der Waals surface area contributed by atoms with E-state index < -0.39 is 0 Å². The Balaban J connectivity index is 2.34. The van der Waals surface area contributed by atoms with Gasteiger partial charge in [-0.25, -0.2) is 0 Å². The molecule has 0 aliphatic heterocycles. The quantitative estimate of drug-likeness (QED) is 0.801. The van der Waals surface area contributed by atoms with Crippen LogP contribution in [0.15, 0.2) is 24.4 Å². The van der Waals surface area contributed by atoms with E-state index in [0.717, 1.165) is 18.2 Å². The van der Waals surface area contributed by atoms with Gasteiger partial charge in [0.2, 0.25) is 5.88 Å². The molecule has 0 unspecified atom stereocenters. The molecule has 2 rings (SSSR count). The zero-order valence-electron chi connectivity index (χ0n) is 9.18. The van der Waals surface area contributed by atoms with Crippen LogP contribution < -0.4 is 4.74 Å². The first-order valence-corrected chi connectivity index (χ1v) is 5.39. The number of unbranched alkanes of at least 4 members (excludes halogenated alkanes) is 1. The summed E-state index contributed by atoms with van der Waals surface area (Å²) in [5.41, 5.74) is 0. The predicted octanol–water partition coefficient (Wildman–Crippen LogP) is 2.51. The molecule has 4 heteroatoms. The number of rotatable bonds is 4. The van der Waals surface area contributed by atoms with Gasteiger partial charge in [-0.3, -0.25) is 0 Å². The number of hydrogen-bond acceptors (Lipinski definition) is 4. The Morgan fingerprint density at radius 2 is 2.19 bits per heavy atom. The molecule has 0 fully saturated rings. The van der Waals surface area contributed by atoms with Crippen LogP contribution in [0.3, 0.4) is 0 Å². The van der Waals surface area contributed by atoms with Crippen molar-refractivity contribution in [3.8, 4) is 11.6 Å². The molecule has 0 atom stereocenters. The van der Waals surface area contributed by atoms with Crippen LogP contribution in [0, 0.1) is 0 Å². The van der Waals surface area contributed by atoms with Crippen LogP contribution in [0.5, 0.6) is 11.6 Å². The second kappa shape index (κ2) is 4.79. The van der Waals surface area contributed by atoms with E-state index in [0.29, 0.717) is 17.9 Å². The smallest absolute Gasteiger partial charge is 0.241 e. The van der Waals surface area contributed by atoms with Gasteiger partial charge in [-0.2, -0.15) is 5.10 Å². The third-order valence-electron chi connectivity index (χ3n) is 2.39. The van der Waals surface area contributed by atoms with Gasteiger partial charge < -0.3 is 9.84 Å². The Bertz CT molecular complexity index is 485. The molecule has 0 radical (unpaired) electrons. The maximum absolute atomic E-state index is 9.64. The van der Waals surface area contributed by atoms with E-state index in [1.807, 2.05) is 6.07 Å². The van der Waals surface area contributed by atoms with Gasteiger partial charge in [0.05, 0.1) is 18.2 Å². The van der Waals surface area contributed by atoms with Gasteiger partial charge in [0.25, 0.3) is 0 Å². The van der Waals surface area contributed by atoms with Gasteiger partial charge in [0, 0.05) is 5.39 Å². The summed E-state index contributed by atoms with van der Waals surface area (Å²) in [6.07, 6.45) is 3.59. The number of phenols is 1. The standard InChI is InChI=1S/C12H14N2O2/c1-2-3-7-16-12-9-5-4-6-11(15)10(9)8-13-14-12/h4-6,8,15H,2-3,7H2,1H3. The van der Waals surface area contributed by atoms with Gasteiger partial charge in [0.1, 0.15) is 5.75 Å². The van der Waals surface area contributed by atoms with Crippen LogP contribution in [0.2, 0.25) is 0 Å². The Labute approximate surface area is 93.9 Å². The average Bonchev–Trinajstić information content (AvgIpc) is 2.31. The molecule has 4 nitrogen and oxygen atoms in total. The summed E-state index contributed by atoms with van der Waals surface area (Å²) in [4.78, 5) is 0. The van der Waals surface area contributed by atoms with E-state index in [1.54, 1.807) is 12.1 Å². The number of benzene rings is 1. The van der Waals surface area contributed by atoms with Crippen LogP contribution >= 0.6 is 0 Å². The molecule has 1 aromatic carbocycles. The van der Waals surface area contributed by atoms with Gasteiger partial charge in [-0.1, -0.05) is 19.4 Å². The normalized spacial score (nSPS) is 10.6. The van der Waals surface area contributed by atoms with Crippen LogP contribution in [0.1, 0.15) is 19.8 Å². The number of aromatic hydroxyl groups is 1. The van der Waals surface area contributed by atoms with Crippen molar-refractivity contribution >= 4 is 10.8 Å². The molecular formula is C12H14N2O2. The summed E-state index contributed by atoms with van der Waals surface area (Å²) in [5.74, 6) is 0.689. The molecule has 16 heavy (non-hydrogen) atoms. The van der Waals surface area contributed by atoms with E-state index in [9.17, 15) is 5.11 Å². The molecule has 0 spiro atoms. The van der Waals surface area contributed by atoms with Gasteiger partial charge >= 0.3 is 0 Å². The lowest BCUT2D eigenvalue weighted by Crippen LogP contribution is -2.00. The number of hydrogen-bond donors (Lipinski definition) is 1. The molecule has 1 heterocycles. The van der Waals surface area contributed by atoms with Crippen LogP contribution in [-0.4, -0.2) is 21.9 Å². The van der Waals surface area contributed by atoms with Gasteiger partial charge in [-0.15, -0.1) is 5.10 Å². The van der Waals surface area contributed by atoms with Crippen molar-refractivity contribution in [2.45, 2.75) is 19.8 Å². The fraction of sp³-hybridized carbons (Fsp3) is 0.333. The Kier molecular flexibility index (Phi) is 3.19. The lowest BCUT2D eigenvalue weighted by Gasteiger charge is -2.07. The molecule has 0 bridgehead atoms. The minimum Gasteiger partial charge on any atom is -0.507 e. The van der Waals surface area contributed by atoms with Crippen molar-refractivity contribution in [2.75, 3.05) is 6.61 Å². The summed E-state index contributed by atoms with van der Waals surface area (Å²) in [6, 6.07) is 5.26. The maximum atomic E-state index is 9.64. The minimum atomic E-state index is 0.202. The topological polar surface area (TPSA) is 55.2 Å². The number of nitrogens with zero attached hydrogens (tertiary/aromatic N) is 2. The fourth-order valence-corrected chi connectivity index (χ4v) is 1.49.